The fourth-order valence-electron chi connectivity index (χ4n) is 13.9. The minimum absolute atomic E-state index is 0.00484. The van der Waals surface area contributed by atoms with Gasteiger partial charge in [-0.3, -0.25) is 14.4 Å². The molecule has 5 aliphatic rings. The standard InChI is InChI=1S/C43H66N2O6/c1-26(2)29-13-18-43(22-34(46)44-25-28-21-27(3)51-45-28)20-19-41(9)30(37(29)43)11-12-32-40(8)16-15-33(39(6,7)31(40)14-17-42(32,41)10)50-36(49)24-38(4,5)23-35(47)48/h21,29-33,37H,1,11-20,22-25H2,2-10H3,(H,44,46)(H,47,48)/t29-,30+,31-,32+,33-,37+,40-,41+,42+,43+/m0/s1. The lowest BCUT2D eigenvalue weighted by molar-refractivity contribution is -0.250. The van der Waals surface area contributed by atoms with Gasteiger partial charge in [0, 0.05) is 17.9 Å². The zero-order valence-electron chi connectivity index (χ0n) is 33.1. The van der Waals surface area contributed by atoms with Crippen LogP contribution in [0.1, 0.15) is 150 Å². The molecule has 2 N–H and O–H groups in total. The monoisotopic (exact) mass is 706 g/mol. The first-order valence-electron chi connectivity index (χ1n) is 19.9. The highest BCUT2D eigenvalue weighted by atomic mass is 16.5. The number of nitrogens with zero attached hydrogens (tertiary/aromatic N) is 1. The normalized spacial score (nSPS) is 39.9. The van der Waals surface area contributed by atoms with Crippen LogP contribution in [-0.4, -0.2) is 34.2 Å². The molecule has 1 heterocycles. The molecule has 5 aliphatic carbocycles. The smallest absolute Gasteiger partial charge is 0.306 e. The van der Waals surface area contributed by atoms with Crippen molar-refractivity contribution in [1.82, 2.24) is 10.5 Å². The van der Waals surface area contributed by atoms with E-state index in [1.165, 1.54) is 24.8 Å². The van der Waals surface area contributed by atoms with E-state index in [1.54, 1.807) is 0 Å². The third kappa shape index (κ3) is 6.40. The second-order valence-electron chi connectivity index (χ2n) is 20.2. The Morgan fingerprint density at radius 1 is 0.961 bits per heavy atom. The van der Waals surface area contributed by atoms with Crippen molar-refractivity contribution in [2.45, 2.75) is 158 Å². The summed E-state index contributed by atoms with van der Waals surface area (Å²) in [6.45, 7) is 25.2. The number of nitrogens with one attached hydrogen (secondary N) is 1. The molecule has 1 amide bonds. The van der Waals surface area contributed by atoms with E-state index >= 15 is 0 Å². The van der Waals surface area contributed by atoms with Gasteiger partial charge in [-0.2, -0.15) is 0 Å². The van der Waals surface area contributed by atoms with Gasteiger partial charge >= 0.3 is 11.9 Å². The van der Waals surface area contributed by atoms with Crippen LogP contribution in [0.3, 0.4) is 0 Å². The number of carbonyl (C=O) groups excluding carboxylic acids is 2. The average Bonchev–Trinajstić information content (AvgIpc) is 3.60. The molecule has 8 nitrogen and oxygen atoms in total. The fourth-order valence-corrected chi connectivity index (χ4v) is 13.9. The molecule has 51 heavy (non-hydrogen) atoms. The van der Waals surface area contributed by atoms with E-state index in [9.17, 15) is 19.5 Å². The summed E-state index contributed by atoms with van der Waals surface area (Å²) in [5, 5.41) is 16.6. The lowest BCUT2D eigenvalue weighted by Crippen LogP contribution is -2.67. The number of carboxylic acid groups (broad SMARTS) is 1. The van der Waals surface area contributed by atoms with E-state index in [0.717, 1.165) is 56.4 Å². The van der Waals surface area contributed by atoms with Crippen molar-refractivity contribution < 1.29 is 28.8 Å². The Balaban J connectivity index is 1.21. The molecular weight excluding hydrogens is 640 g/mol. The first-order chi connectivity index (χ1) is 23.7. The summed E-state index contributed by atoms with van der Waals surface area (Å²) in [4.78, 5) is 38.3. The number of carbonyl (C=O) groups is 3. The molecule has 0 aliphatic heterocycles. The van der Waals surface area contributed by atoms with Crippen molar-refractivity contribution in [2.24, 2.45) is 62.1 Å². The SMILES string of the molecule is C=C(C)[C@@H]1CC[C@]2(CC(=O)NCc3cc(C)on3)CC[C@]3(C)[C@H](CC[C@@H]4[C@@]5(C)CC[C@H](OC(=O)CC(C)(C)CC(=O)O)C(C)(C)[C@@H]5CC[C@]43C)[C@@H]12. The Labute approximate surface area is 306 Å². The van der Waals surface area contributed by atoms with E-state index in [4.69, 9.17) is 9.26 Å². The summed E-state index contributed by atoms with van der Waals surface area (Å²) in [7, 11) is 0. The van der Waals surface area contributed by atoms with Crippen LogP contribution < -0.4 is 5.32 Å². The summed E-state index contributed by atoms with van der Waals surface area (Å²) < 4.78 is 11.5. The minimum atomic E-state index is -0.887. The molecule has 0 unspecified atom stereocenters. The largest absolute Gasteiger partial charge is 0.481 e. The highest BCUT2D eigenvalue weighted by Gasteiger charge is 2.71. The average molecular weight is 707 g/mol. The lowest BCUT2D eigenvalue weighted by atomic mass is 9.32. The highest BCUT2D eigenvalue weighted by Crippen LogP contribution is 2.78. The summed E-state index contributed by atoms with van der Waals surface area (Å²) in [6.07, 6.45) is 11.6. The number of esters is 1. The van der Waals surface area contributed by atoms with Gasteiger partial charge in [-0.05, 0) is 135 Å². The zero-order chi connectivity index (χ0) is 37.4. The Morgan fingerprint density at radius 2 is 1.69 bits per heavy atom. The molecule has 0 bridgehead atoms. The topological polar surface area (TPSA) is 119 Å². The number of rotatable bonds is 10. The van der Waals surface area contributed by atoms with Crippen LogP contribution in [-0.2, 0) is 25.7 Å². The number of ether oxygens (including phenoxy) is 1. The number of amides is 1. The van der Waals surface area contributed by atoms with E-state index in [-0.39, 0.29) is 57.9 Å². The van der Waals surface area contributed by atoms with E-state index < -0.39 is 11.4 Å². The van der Waals surface area contributed by atoms with Crippen molar-refractivity contribution in [2.75, 3.05) is 0 Å². The van der Waals surface area contributed by atoms with Gasteiger partial charge in [-0.25, -0.2) is 0 Å². The number of allylic oxidation sites excluding steroid dienone is 1. The zero-order valence-corrected chi connectivity index (χ0v) is 33.1. The van der Waals surface area contributed by atoms with Crippen molar-refractivity contribution in [3.8, 4) is 0 Å². The van der Waals surface area contributed by atoms with E-state index in [0.29, 0.717) is 42.6 Å². The third-order valence-electron chi connectivity index (χ3n) is 16.4. The van der Waals surface area contributed by atoms with Gasteiger partial charge in [0.15, 0.2) is 0 Å². The van der Waals surface area contributed by atoms with Gasteiger partial charge in [0.25, 0.3) is 0 Å². The minimum Gasteiger partial charge on any atom is -0.481 e. The summed E-state index contributed by atoms with van der Waals surface area (Å²) in [6, 6.07) is 1.89. The molecule has 0 spiro atoms. The highest BCUT2D eigenvalue weighted by molar-refractivity contribution is 5.77. The van der Waals surface area contributed by atoms with Gasteiger partial charge in [-0.1, -0.05) is 65.8 Å². The molecule has 0 saturated heterocycles. The maximum atomic E-state index is 13.7. The van der Waals surface area contributed by atoms with Crippen LogP contribution >= 0.6 is 0 Å². The molecule has 284 valence electrons. The predicted octanol–water partition coefficient (Wildman–Crippen LogP) is 9.45. The molecule has 0 aromatic carbocycles. The number of aliphatic carboxylic acids is 1. The van der Waals surface area contributed by atoms with Crippen LogP contribution in [0.5, 0.6) is 0 Å². The predicted molar refractivity (Wildman–Crippen MR) is 197 cm³/mol. The van der Waals surface area contributed by atoms with Crippen molar-refractivity contribution in [3.63, 3.8) is 0 Å². The Bertz CT molecular complexity index is 1540. The van der Waals surface area contributed by atoms with E-state index in [1.807, 2.05) is 26.8 Å². The molecule has 5 fully saturated rings. The molecule has 1 aromatic rings. The summed E-state index contributed by atoms with van der Waals surface area (Å²) in [5.74, 6) is 2.23. The second-order valence-corrected chi connectivity index (χ2v) is 20.2. The quantitative estimate of drug-likeness (QED) is 0.184. The Morgan fingerprint density at radius 3 is 2.33 bits per heavy atom. The van der Waals surface area contributed by atoms with Crippen LogP contribution in [0.25, 0.3) is 0 Å². The number of carboxylic acids is 1. The van der Waals surface area contributed by atoms with Gasteiger partial charge in [0.05, 0.1) is 19.4 Å². The van der Waals surface area contributed by atoms with Gasteiger partial charge in [-0.15, -0.1) is 0 Å². The van der Waals surface area contributed by atoms with E-state index in [2.05, 4.69) is 58.6 Å². The molecule has 10 atom stereocenters. The van der Waals surface area contributed by atoms with Gasteiger partial charge < -0.3 is 19.7 Å². The Hall–Kier alpha value is -2.64. The van der Waals surface area contributed by atoms with Gasteiger partial charge in [0.1, 0.15) is 17.6 Å². The first-order valence-corrected chi connectivity index (χ1v) is 19.9. The van der Waals surface area contributed by atoms with Crippen LogP contribution in [0.2, 0.25) is 0 Å². The maximum absolute atomic E-state index is 13.7. The number of fused-ring (bicyclic) bond motifs is 7. The second kappa shape index (κ2) is 13.0. The summed E-state index contributed by atoms with van der Waals surface area (Å²) >= 11 is 0. The van der Waals surface area contributed by atoms with Crippen molar-refractivity contribution >= 4 is 17.8 Å². The lowest BCUT2D eigenvalue weighted by Gasteiger charge is -2.73. The molecule has 8 heteroatoms. The number of aromatic nitrogens is 1. The van der Waals surface area contributed by atoms with Crippen molar-refractivity contribution in [1.29, 1.82) is 0 Å². The molecule has 1 aromatic heterocycles. The molecular formula is C43H66N2O6. The summed E-state index contributed by atoms with van der Waals surface area (Å²) in [5.41, 5.74) is 1.75. The number of aryl methyl sites for hydroxylation is 1. The molecule has 5 saturated carbocycles. The van der Waals surface area contributed by atoms with Crippen LogP contribution in [0.15, 0.2) is 22.7 Å². The number of hydrogen-bond donors (Lipinski definition) is 2. The maximum Gasteiger partial charge on any atom is 0.306 e. The van der Waals surface area contributed by atoms with Crippen LogP contribution in [0.4, 0.5) is 0 Å². The van der Waals surface area contributed by atoms with Crippen LogP contribution in [0, 0.1) is 69.0 Å². The molecule has 0 radical (unpaired) electrons. The fraction of sp³-hybridized carbons (Fsp3) is 0.814. The molecule has 6 rings (SSSR count). The Kier molecular flexibility index (Phi) is 9.74. The van der Waals surface area contributed by atoms with Gasteiger partial charge in [0.2, 0.25) is 5.91 Å². The third-order valence-corrected chi connectivity index (χ3v) is 16.4. The van der Waals surface area contributed by atoms with Crippen molar-refractivity contribution in [3.05, 3.63) is 29.7 Å². The number of hydrogen-bond acceptors (Lipinski definition) is 6. The first kappa shape index (κ1) is 38.1.